The van der Waals surface area contributed by atoms with Gasteiger partial charge in [-0.2, -0.15) is 13.2 Å². The van der Waals surface area contributed by atoms with Crippen LogP contribution in [0.1, 0.15) is 85.8 Å². The number of rotatable bonds is 14. The largest absolute Gasteiger partial charge is 0.455 e. The summed E-state index contributed by atoms with van der Waals surface area (Å²) >= 11 is 0. The highest BCUT2D eigenvalue weighted by Crippen LogP contribution is 2.45. The fourth-order valence-electron chi connectivity index (χ4n) is 9.11. The number of H-pyrrole nitrogens is 1. The maximum absolute atomic E-state index is 13.9. The van der Waals surface area contributed by atoms with Gasteiger partial charge >= 0.3 is 6.18 Å². The Labute approximate surface area is 381 Å². The first-order valence-corrected chi connectivity index (χ1v) is 23.7. The van der Waals surface area contributed by atoms with Crippen molar-refractivity contribution in [3.05, 3.63) is 117 Å². The minimum atomic E-state index is -4.61. The van der Waals surface area contributed by atoms with Crippen LogP contribution in [0.15, 0.2) is 89.6 Å². The van der Waals surface area contributed by atoms with Crippen molar-refractivity contribution >= 4 is 49.6 Å². The standard InChI is InChI=1S/C48H54F3N7O7S/c1-31-24-34(48(49,50)51)7-10-39(31)41-28-47(2,3)16-13-33(41)30-56-19-21-57(22-20-56)35-8-11-40(44(26-35)65-37-25-32-14-17-53-45(32)54-29-37)46(59)55-66(62,63)38-9-12-42(43(27-38)58(60)61)52-18-15-36-6-4-5-23-64-36/h7-12,14,17,24-27,29,36,52H,4-6,13,15-16,18-23,28,30H2,1-3H3,(H,53,54)(H,55,59). The maximum Gasteiger partial charge on any atom is 0.416 e. The molecule has 14 nitrogen and oxygen atoms in total. The summed E-state index contributed by atoms with van der Waals surface area (Å²) in [5.41, 5.74) is 4.15. The van der Waals surface area contributed by atoms with E-state index in [1.807, 2.05) is 6.07 Å². The van der Waals surface area contributed by atoms with Crippen LogP contribution in [0.2, 0.25) is 0 Å². The zero-order chi connectivity index (χ0) is 46.8. The molecular formula is C48H54F3N7O7S. The molecule has 2 saturated heterocycles. The average molecular weight is 930 g/mol. The van der Waals surface area contributed by atoms with Crippen LogP contribution in [-0.2, 0) is 20.9 Å². The molecule has 350 valence electrons. The van der Waals surface area contributed by atoms with Crippen LogP contribution in [0, 0.1) is 22.5 Å². The van der Waals surface area contributed by atoms with Gasteiger partial charge in [-0.15, -0.1) is 0 Å². The molecule has 5 aromatic rings. The summed E-state index contributed by atoms with van der Waals surface area (Å²) in [4.78, 5) is 36.8. The Bertz CT molecular complexity index is 2760. The van der Waals surface area contributed by atoms with Gasteiger partial charge in [-0.1, -0.05) is 25.5 Å². The predicted molar refractivity (Wildman–Crippen MR) is 246 cm³/mol. The number of nitro groups is 1. The summed E-state index contributed by atoms with van der Waals surface area (Å²) in [6, 6.07) is 15.9. The second-order valence-corrected chi connectivity index (χ2v) is 19.8. The number of allylic oxidation sites excluding steroid dienone is 1. The smallest absolute Gasteiger partial charge is 0.416 e. The third kappa shape index (κ3) is 10.8. The number of halogens is 3. The van der Waals surface area contributed by atoms with Gasteiger partial charge in [0.25, 0.3) is 21.6 Å². The number of aromatic amines is 1. The highest BCUT2D eigenvalue weighted by Gasteiger charge is 2.34. The number of nitro benzene ring substituents is 1. The van der Waals surface area contributed by atoms with Crippen molar-refractivity contribution in [2.24, 2.45) is 5.41 Å². The molecule has 18 heteroatoms. The fraction of sp³-hybridized carbons (Fsp3) is 0.417. The minimum Gasteiger partial charge on any atom is -0.455 e. The number of aryl methyl sites for hydroxylation is 1. The number of alkyl halides is 3. The molecule has 1 amide bonds. The lowest BCUT2D eigenvalue weighted by Gasteiger charge is -2.39. The molecule has 1 atom stereocenters. The van der Waals surface area contributed by atoms with Crippen molar-refractivity contribution in [1.29, 1.82) is 0 Å². The van der Waals surface area contributed by atoms with Crippen LogP contribution in [0.4, 0.5) is 30.2 Å². The first-order valence-electron chi connectivity index (χ1n) is 22.2. The summed E-state index contributed by atoms with van der Waals surface area (Å²) < 4.78 is 82.2. The number of amides is 1. The van der Waals surface area contributed by atoms with Crippen LogP contribution in [0.5, 0.6) is 11.5 Å². The average Bonchev–Trinajstić information content (AvgIpc) is 3.75. The van der Waals surface area contributed by atoms with Gasteiger partial charge in [0.1, 0.15) is 22.8 Å². The highest BCUT2D eigenvalue weighted by molar-refractivity contribution is 7.90. The molecule has 4 heterocycles. The molecule has 66 heavy (non-hydrogen) atoms. The van der Waals surface area contributed by atoms with E-state index in [2.05, 4.69) is 43.7 Å². The second-order valence-electron chi connectivity index (χ2n) is 18.2. The quantitative estimate of drug-likeness (QED) is 0.0715. The van der Waals surface area contributed by atoms with E-state index >= 15 is 0 Å². The van der Waals surface area contributed by atoms with E-state index in [1.165, 1.54) is 42.1 Å². The Balaban J connectivity index is 0.996. The zero-order valence-electron chi connectivity index (χ0n) is 37.2. The van der Waals surface area contributed by atoms with E-state index in [0.29, 0.717) is 69.3 Å². The van der Waals surface area contributed by atoms with Crippen LogP contribution in [-0.4, -0.2) is 86.1 Å². The van der Waals surface area contributed by atoms with Crippen molar-refractivity contribution in [3.63, 3.8) is 0 Å². The first kappa shape index (κ1) is 46.5. The molecule has 1 aliphatic carbocycles. The van der Waals surface area contributed by atoms with Gasteiger partial charge in [0.15, 0.2) is 0 Å². The molecule has 1 unspecified atom stereocenters. The number of fused-ring (bicyclic) bond motifs is 1. The number of anilines is 2. The molecule has 2 aliphatic heterocycles. The van der Waals surface area contributed by atoms with E-state index in [4.69, 9.17) is 9.47 Å². The van der Waals surface area contributed by atoms with Crippen molar-refractivity contribution in [1.82, 2.24) is 19.6 Å². The number of carbonyl (C=O) groups excluding carboxylic acids is 1. The fourth-order valence-corrected chi connectivity index (χ4v) is 10.1. The molecule has 3 aromatic carbocycles. The summed E-state index contributed by atoms with van der Waals surface area (Å²) in [6.07, 6.45) is 5.05. The van der Waals surface area contributed by atoms with Crippen molar-refractivity contribution in [2.45, 2.75) is 82.9 Å². The molecule has 0 bridgehead atoms. The van der Waals surface area contributed by atoms with E-state index in [-0.39, 0.29) is 28.5 Å². The number of benzene rings is 3. The normalized spacial score (nSPS) is 18.3. The topological polar surface area (TPSA) is 172 Å². The second kappa shape index (κ2) is 19.1. The van der Waals surface area contributed by atoms with Gasteiger partial charge < -0.3 is 24.7 Å². The molecule has 0 radical (unpaired) electrons. The molecule has 2 fully saturated rings. The summed E-state index contributed by atoms with van der Waals surface area (Å²) in [6.45, 7) is 10.5. The minimum absolute atomic E-state index is 0.0111. The Kier molecular flexibility index (Phi) is 13.5. The van der Waals surface area contributed by atoms with Gasteiger partial charge in [0.2, 0.25) is 0 Å². The van der Waals surface area contributed by atoms with Gasteiger partial charge in [0.05, 0.1) is 33.2 Å². The van der Waals surface area contributed by atoms with Crippen molar-refractivity contribution in [2.75, 3.05) is 56.1 Å². The van der Waals surface area contributed by atoms with Gasteiger partial charge in [0, 0.05) is 75.3 Å². The zero-order valence-corrected chi connectivity index (χ0v) is 38.0. The van der Waals surface area contributed by atoms with Crippen molar-refractivity contribution < 1.29 is 40.8 Å². The van der Waals surface area contributed by atoms with Crippen molar-refractivity contribution in [3.8, 4) is 11.5 Å². The molecule has 0 spiro atoms. The van der Waals surface area contributed by atoms with Gasteiger partial charge in [-0.3, -0.25) is 19.8 Å². The lowest BCUT2D eigenvalue weighted by molar-refractivity contribution is -0.384. The number of nitrogens with zero attached hydrogens (tertiary/aromatic N) is 4. The number of ether oxygens (including phenoxy) is 2. The monoisotopic (exact) mass is 929 g/mol. The molecule has 0 saturated carbocycles. The maximum atomic E-state index is 13.9. The predicted octanol–water partition coefficient (Wildman–Crippen LogP) is 9.87. The number of nitrogens with one attached hydrogen (secondary N) is 3. The van der Waals surface area contributed by atoms with Crippen LogP contribution in [0.25, 0.3) is 16.6 Å². The number of piperazine rings is 1. The highest BCUT2D eigenvalue weighted by atomic mass is 32.2. The SMILES string of the molecule is Cc1cc(C(F)(F)F)ccc1C1=C(CN2CCN(c3ccc(C(=O)NS(=O)(=O)c4ccc(NCCC5CCCCO5)c([N+](=O)[O-])c4)c(Oc4cnc5[nH]ccc5c4)c3)CC2)CCC(C)(C)C1. The summed E-state index contributed by atoms with van der Waals surface area (Å²) in [7, 11) is -4.61. The lowest BCUT2D eigenvalue weighted by atomic mass is 9.72. The number of sulfonamides is 1. The Hall–Kier alpha value is -5.98. The van der Waals surface area contributed by atoms with Crippen LogP contribution in [0.3, 0.4) is 0 Å². The molecule has 8 rings (SSSR count). The van der Waals surface area contributed by atoms with Crippen LogP contribution < -0.4 is 19.7 Å². The molecular weight excluding hydrogens is 876 g/mol. The lowest BCUT2D eigenvalue weighted by Crippen LogP contribution is -2.47. The summed E-state index contributed by atoms with van der Waals surface area (Å²) in [5, 5.41) is 15.9. The van der Waals surface area contributed by atoms with Gasteiger partial charge in [-0.05, 0) is 123 Å². The third-order valence-electron chi connectivity index (χ3n) is 12.8. The van der Waals surface area contributed by atoms with E-state index < -0.39 is 43.2 Å². The number of hydrogen-bond acceptors (Lipinski definition) is 11. The third-order valence-corrected chi connectivity index (χ3v) is 14.1. The van der Waals surface area contributed by atoms with Crippen LogP contribution >= 0.6 is 0 Å². The number of aromatic nitrogens is 2. The number of hydrogen-bond donors (Lipinski definition) is 3. The molecule has 2 aromatic heterocycles. The number of pyridine rings is 1. The molecule has 3 N–H and O–H groups in total. The number of carbonyl (C=O) groups is 1. The first-order chi connectivity index (χ1) is 31.4. The molecule has 3 aliphatic rings. The van der Waals surface area contributed by atoms with E-state index in [0.717, 1.165) is 66.8 Å². The Morgan fingerprint density at radius 1 is 1.05 bits per heavy atom. The van der Waals surface area contributed by atoms with E-state index in [1.54, 1.807) is 37.4 Å². The Morgan fingerprint density at radius 3 is 2.58 bits per heavy atom. The van der Waals surface area contributed by atoms with E-state index in [9.17, 15) is 36.5 Å². The summed E-state index contributed by atoms with van der Waals surface area (Å²) in [5.74, 6) is -0.631. The Morgan fingerprint density at radius 2 is 1.85 bits per heavy atom. The van der Waals surface area contributed by atoms with Gasteiger partial charge in [-0.25, -0.2) is 18.1 Å².